The van der Waals surface area contributed by atoms with E-state index in [2.05, 4.69) is 14.9 Å². The van der Waals surface area contributed by atoms with Crippen molar-refractivity contribution in [1.82, 2.24) is 14.9 Å². The van der Waals surface area contributed by atoms with Gasteiger partial charge in [0.15, 0.2) is 5.75 Å². The summed E-state index contributed by atoms with van der Waals surface area (Å²) >= 11 is 0. The minimum atomic E-state index is -0.582. The van der Waals surface area contributed by atoms with Crippen LogP contribution < -0.4 is 5.73 Å². The van der Waals surface area contributed by atoms with E-state index in [1.54, 1.807) is 18.3 Å². The van der Waals surface area contributed by atoms with E-state index in [0.717, 1.165) is 24.2 Å². The predicted molar refractivity (Wildman–Crippen MR) is 79.0 cm³/mol. The van der Waals surface area contributed by atoms with Gasteiger partial charge in [0.2, 0.25) is 5.95 Å². The maximum absolute atomic E-state index is 10.9. The lowest BCUT2D eigenvalue weighted by Crippen LogP contribution is -2.31. The van der Waals surface area contributed by atoms with Crippen LogP contribution in [0.1, 0.15) is 16.8 Å². The van der Waals surface area contributed by atoms with Gasteiger partial charge in [-0.2, -0.15) is 0 Å². The van der Waals surface area contributed by atoms with Gasteiger partial charge in [0.05, 0.1) is 10.6 Å². The van der Waals surface area contributed by atoms with Gasteiger partial charge >= 0.3 is 5.69 Å². The summed E-state index contributed by atoms with van der Waals surface area (Å²) in [5.41, 5.74) is 7.76. The highest BCUT2D eigenvalue weighted by Crippen LogP contribution is 2.31. The molecule has 8 nitrogen and oxygen atoms in total. The Kier molecular flexibility index (Phi) is 3.60. The number of nitrogen functional groups attached to an aromatic ring is 1. The molecule has 1 aromatic heterocycles. The standard InChI is InChI=1S/C14H15N5O3/c15-14-16-6-10-8-18(5-4-11(10)17-14)7-9-2-1-3-12(13(9)20)19(21)22/h1-3,6,20H,4-5,7-8H2,(H2,15,16,17). The number of hydrogen-bond donors (Lipinski definition) is 2. The van der Waals surface area contributed by atoms with Crippen LogP contribution in [0.5, 0.6) is 5.75 Å². The molecule has 0 fully saturated rings. The highest BCUT2D eigenvalue weighted by Gasteiger charge is 2.22. The predicted octanol–water partition coefficient (Wildman–Crippen LogP) is 1.23. The smallest absolute Gasteiger partial charge is 0.311 e. The van der Waals surface area contributed by atoms with Gasteiger partial charge in [-0.1, -0.05) is 12.1 Å². The van der Waals surface area contributed by atoms with Crippen molar-refractivity contribution >= 4 is 11.6 Å². The van der Waals surface area contributed by atoms with Gasteiger partial charge in [-0.3, -0.25) is 15.0 Å². The molecule has 1 aliphatic rings. The van der Waals surface area contributed by atoms with Crippen molar-refractivity contribution in [2.75, 3.05) is 12.3 Å². The molecule has 0 amide bonds. The molecule has 0 radical (unpaired) electrons. The molecule has 0 bridgehead atoms. The number of phenolic OH excluding ortho intramolecular Hbond substituents is 1. The molecule has 3 N–H and O–H groups in total. The molecule has 3 rings (SSSR count). The molecule has 22 heavy (non-hydrogen) atoms. The Morgan fingerprint density at radius 2 is 2.27 bits per heavy atom. The molecule has 114 valence electrons. The summed E-state index contributed by atoms with van der Waals surface area (Å²) in [6.45, 7) is 1.79. The van der Waals surface area contributed by atoms with Crippen LogP contribution in [0, 0.1) is 10.1 Å². The van der Waals surface area contributed by atoms with Crippen molar-refractivity contribution in [3.63, 3.8) is 0 Å². The highest BCUT2D eigenvalue weighted by atomic mass is 16.6. The summed E-state index contributed by atoms with van der Waals surface area (Å²) < 4.78 is 0. The van der Waals surface area contributed by atoms with E-state index in [1.165, 1.54) is 6.07 Å². The molecule has 0 spiro atoms. The SMILES string of the molecule is Nc1ncc2c(n1)CCN(Cc1cccc([N+](=O)[O-])c1O)C2. The summed E-state index contributed by atoms with van der Waals surface area (Å²) in [5.74, 6) is -0.00428. The number of para-hydroxylation sites is 1. The number of rotatable bonds is 3. The Morgan fingerprint density at radius 1 is 1.45 bits per heavy atom. The zero-order chi connectivity index (χ0) is 15.7. The lowest BCUT2D eigenvalue weighted by Gasteiger charge is -2.28. The maximum atomic E-state index is 10.9. The number of benzene rings is 1. The second-order valence-electron chi connectivity index (χ2n) is 5.20. The molecule has 8 heteroatoms. The Balaban J connectivity index is 1.79. The third-order valence-electron chi connectivity index (χ3n) is 3.72. The molecular weight excluding hydrogens is 286 g/mol. The molecular formula is C14H15N5O3. The summed E-state index contributed by atoms with van der Waals surface area (Å²) in [6.07, 6.45) is 2.44. The van der Waals surface area contributed by atoms with Crippen molar-refractivity contribution in [1.29, 1.82) is 0 Å². The van der Waals surface area contributed by atoms with E-state index in [9.17, 15) is 15.2 Å². The fraction of sp³-hybridized carbons (Fsp3) is 0.286. The summed E-state index contributed by atoms with van der Waals surface area (Å²) in [4.78, 5) is 20.6. The van der Waals surface area contributed by atoms with E-state index in [1.807, 2.05) is 0 Å². The second kappa shape index (κ2) is 5.57. The van der Waals surface area contributed by atoms with Gasteiger partial charge in [-0.25, -0.2) is 9.97 Å². The number of phenols is 1. The summed E-state index contributed by atoms with van der Waals surface area (Å²) in [5, 5.41) is 20.9. The minimum absolute atomic E-state index is 0.267. The maximum Gasteiger partial charge on any atom is 0.311 e. The molecule has 0 saturated carbocycles. The lowest BCUT2D eigenvalue weighted by atomic mass is 10.1. The fourth-order valence-corrected chi connectivity index (χ4v) is 2.62. The zero-order valence-electron chi connectivity index (χ0n) is 11.8. The molecule has 0 unspecified atom stereocenters. The molecule has 1 aliphatic heterocycles. The Labute approximate surface area is 126 Å². The number of nitrogens with zero attached hydrogens (tertiary/aromatic N) is 4. The normalized spacial score (nSPS) is 14.5. The molecule has 2 aromatic rings. The van der Waals surface area contributed by atoms with Crippen LogP contribution in [-0.2, 0) is 19.5 Å². The number of nitro groups is 1. The number of anilines is 1. The van der Waals surface area contributed by atoms with Crippen LogP contribution in [0.3, 0.4) is 0 Å². The Morgan fingerprint density at radius 3 is 3.05 bits per heavy atom. The summed E-state index contributed by atoms with van der Waals surface area (Å²) in [7, 11) is 0. The van der Waals surface area contributed by atoms with E-state index in [4.69, 9.17) is 5.73 Å². The molecule has 0 atom stereocenters. The summed E-state index contributed by atoms with van der Waals surface area (Å²) in [6, 6.07) is 4.56. The second-order valence-corrected chi connectivity index (χ2v) is 5.20. The monoisotopic (exact) mass is 301 g/mol. The first-order valence-corrected chi connectivity index (χ1v) is 6.82. The number of aromatic nitrogens is 2. The third-order valence-corrected chi connectivity index (χ3v) is 3.72. The van der Waals surface area contributed by atoms with Crippen molar-refractivity contribution in [3.8, 4) is 5.75 Å². The lowest BCUT2D eigenvalue weighted by molar-refractivity contribution is -0.385. The first kappa shape index (κ1) is 14.2. The van der Waals surface area contributed by atoms with Crippen molar-refractivity contribution < 1.29 is 10.0 Å². The molecule has 0 saturated heterocycles. The Bertz CT molecular complexity index is 734. The average Bonchev–Trinajstić information content (AvgIpc) is 2.49. The molecule has 0 aliphatic carbocycles. The van der Waals surface area contributed by atoms with Crippen molar-refractivity contribution in [2.45, 2.75) is 19.5 Å². The van der Waals surface area contributed by atoms with Crippen LogP contribution in [0.15, 0.2) is 24.4 Å². The number of nitro benzene ring substituents is 1. The van der Waals surface area contributed by atoms with E-state index >= 15 is 0 Å². The zero-order valence-corrected chi connectivity index (χ0v) is 11.8. The van der Waals surface area contributed by atoms with Gasteiger partial charge < -0.3 is 10.8 Å². The first-order chi connectivity index (χ1) is 10.5. The van der Waals surface area contributed by atoms with Gasteiger partial charge in [0.25, 0.3) is 0 Å². The number of nitrogens with two attached hydrogens (primary N) is 1. The van der Waals surface area contributed by atoms with Gasteiger partial charge in [0.1, 0.15) is 0 Å². The van der Waals surface area contributed by atoms with Crippen LogP contribution in [0.2, 0.25) is 0 Å². The van der Waals surface area contributed by atoms with Crippen LogP contribution in [-0.4, -0.2) is 31.4 Å². The highest BCUT2D eigenvalue weighted by molar-refractivity contribution is 5.50. The van der Waals surface area contributed by atoms with Crippen LogP contribution in [0.4, 0.5) is 11.6 Å². The number of aromatic hydroxyl groups is 1. The fourth-order valence-electron chi connectivity index (χ4n) is 2.62. The number of hydrogen-bond acceptors (Lipinski definition) is 7. The Hall–Kier alpha value is -2.74. The average molecular weight is 301 g/mol. The molecule has 2 heterocycles. The largest absolute Gasteiger partial charge is 0.502 e. The van der Waals surface area contributed by atoms with Crippen molar-refractivity contribution in [2.24, 2.45) is 0 Å². The third kappa shape index (κ3) is 2.68. The van der Waals surface area contributed by atoms with E-state index in [-0.39, 0.29) is 17.4 Å². The van der Waals surface area contributed by atoms with Crippen molar-refractivity contribution in [3.05, 3.63) is 51.3 Å². The van der Waals surface area contributed by atoms with Crippen LogP contribution >= 0.6 is 0 Å². The van der Waals surface area contributed by atoms with Crippen LogP contribution in [0.25, 0.3) is 0 Å². The van der Waals surface area contributed by atoms with E-state index in [0.29, 0.717) is 18.7 Å². The number of fused-ring (bicyclic) bond motifs is 1. The van der Waals surface area contributed by atoms with Gasteiger partial charge in [-0.15, -0.1) is 0 Å². The van der Waals surface area contributed by atoms with Gasteiger partial charge in [0, 0.05) is 49.4 Å². The minimum Gasteiger partial charge on any atom is -0.502 e. The van der Waals surface area contributed by atoms with E-state index < -0.39 is 4.92 Å². The molecule has 1 aromatic carbocycles. The first-order valence-electron chi connectivity index (χ1n) is 6.82. The quantitative estimate of drug-likeness (QED) is 0.646. The van der Waals surface area contributed by atoms with Gasteiger partial charge in [-0.05, 0) is 0 Å². The topological polar surface area (TPSA) is 118 Å².